The molecular weight excluding hydrogens is 452 g/mol. The van der Waals surface area contributed by atoms with Crippen molar-refractivity contribution in [3.63, 3.8) is 0 Å². The van der Waals surface area contributed by atoms with Gasteiger partial charge in [-0.1, -0.05) is 66.7 Å². The van der Waals surface area contributed by atoms with Gasteiger partial charge in [-0.15, -0.1) is 11.8 Å². The predicted molar refractivity (Wildman–Crippen MR) is 135 cm³/mol. The van der Waals surface area contributed by atoms with E-state index in [0.717, 1.165) is 28.0 Å². The zero-order valence-corrected chi connectivity index (χ0v) is 20.1. The third-order valence-electron chi connectivity index (χ3n) is 5.75. The second-order valence-electron chi connectivity index (χ2n) is 7.93. The number of amides is 1. The first-order valence-electron chi connectivity index (χ1n) is 11.0. The maximum atomic E-state index is 13.3. The highest BCUT2D eigenvalue weighted by atomic mass is 32.2. The van der Waals surface area contributed by atoms with Gasteiger partial charge >= 0.3 is 0 Å². The minimum atomic E-state index is -1.44. The Morgan fingerprint density at radius 1 is 1.06 bits per heavy atom. The van der Waals surface area contributed by atoms with Crippen LogP contribution >= 0.6 is 11.8 Å². The largest absolute Gasteiger partial charge is 0.396 e. The summed E-state index contributed by atoms with van der Waals surface area (Å²) >= 11 is 1.50. The molecule has 0 spiro atoms. The fourth-order valence-electron chi connectivity index (χ4n) is 4.02. The molecule has 5 nitrogen and oxygen atoms in total. The van der Waals surface area contributed by atoms with Crippen molar-refractivity contribution in [3.8, 4) is 11.1 Å². The highest BCUT2D eigenvalue weighted by molar-refractivity contribution is 8.01. The molecule has 1 amide bonds. The smallest absolute Gasteiger partial charge is 0.249 e. The molecular formula is C26H28N2O3S2. The van der Waals surface area contributed by atoms with Gasteiger partial charge in [0.15, 0.2) is 0 Å². The first-order chi connectivity index (χ1) is 16.1. The Morgan fingerprint density at radius 2 is 1.73 bits per heavy atom. The molecule has 0 aromatic heterocycles. The van der Waals surface area contributed by atoms with Gasteiger partial charge < -0.3 is 10.4 Å². The van der Waals surface area contributed by atoms with Crippen LogP contribution in [0.1, 0.15) is 23.6 Å². The van der Waals surface area contributed by atoms with Crippen molar-refractivity contribution >= 4 is 28.7 Å². The maximum Gasteiger partial charge on any atom is 0.249 e. The summed E-state index contributed by atoms with van der Waals surface area (Å²) in [6, 6.07) is 25.3. The molecule has 2 N–H and O–H groups in total. The van der Waals surface area contributed by atoms with Crippen LogP contribution in [0.5, 0.6) is 0 Å². The van der Waals surface area contributed by atoms with Crippen molar-refractivity contribution < 1.29 is 14.1 Å². The minimum absolute atomic E-state index is 0.0273. The molecule has 1 saturated heterocycles. The number of nitrogens with one attached hydrogen (secondary N) is 1. The zero-order chi connectivity index (χ0) is 23.2. The monoisotopic (exact) mass is 480 g/mol. The maximum absolute atomic E-state index is 13.3. The molecule has 3 atom stereocenters. The van der Waals surface area contributed by atoms with E-state index in [-0.39, 0.29) is 18.6 Å². The topological polar surface area (TPSA) is 69.6 Å². The number of rotatable bonds is 8. The molecule has 3 aromatic carbocycles. The van der Waals surface area contributed by atoms with E-state index in [1.807, 2.05) is 85.8 Å². The molecule has 0 aliphatic carbocycles. The molecule has 0 saturated carbocycles. The van der Waals surface area contributed by atoms with Crippen LogP contribution in [0.15, 0.2) is 83.8 Å². The molecule has 33 heavy (non-hydrogen) atoms. The van der Waals surface area contributed by atoms with Gasteiger partial charge in [-0.25, -0.2) is 4.21 Å². The van der Waals surface area contributed by atoms with Gasteiger partial charge in [-0.2, -0.15) is 4.31 Å². The van der Waals surface area contributed by atoms with E-state index in [4.69, 9.17) is 0 Å². The highest BCUT2D eigenvalue weighted by Gasteiger charge is 2.36. The third kappa shape index (κ3) is 5.55. The fraction of sp³-hybridized carbons (Fsp3) is 0.269. The molecule has 7 heteroatoms. The summed E-state index contributed by atoms with van der Waals surface area (Å²) in [5, 5.41) is 12.1. The SMILES string of the molecule is Cc1ccccc1C(CCO)NC(=O)C1SCCN1S(=O)c1ccc(-c2ccccc2)cc1. The molecule has 1 aliphatic rings. The van der Waals surface area contributed by atoms with Gasteiger partial charge in [0.05, 0.1) is 10.9 Å². The van der Waals surface area contributed by atoms with Crippen LogP contribution in [-0.2, 0) is 15.8 Å². The molecule has 1 aliphatic heterocycles. The van der Waals surface area contributed by atoms with Gasteiger partial charge in [0.25, 0.3) is 0 Å². The van der Waals surface area contributed by atoms with Crippen LogP contribution in [0.25, 0.3) is 11.1 Å². The van der Waals surface area contributed by atoms with Gasteiger partial charge in [0, 0.05) is 18.9 Å². The lowest BCUT2D eigenvalue weighted by molar-refractivity contribution is -0.122. The Balaban J connectivity index is 1.48. The fourth-order valence-corrected chi connectivity index (χ4v) is 6.73. The van der Waals surface area contributed by atoms with E-state index in [9.17, 15) is 14.1 Å². The van der Waals surface area contributed by atoms with Crippen molar-refractivity contribution in [2.45, 2.75) is 29.7 Å². The lowest BCUT2D eigenvalue weighted by Gasteiger charge is -2.26. The van der Waals surface area contributed by atoms with Crippen LogP contribution in [0.4, 0.5) is 0 Å². The van der Waals surface area contributed by atoms with Gasteiger partial charge in [0.2, 0.25) is 5.91 Å². The van der Waals surface area contributed by atoms with Crippen LogP contribution in [0.2, 0.25) is 0 Å². The molecule has 4 rings (SSSR count). The van der Waals surface area contributed by atoms with E-state index in [1.54, 1.807) is 4.31 Å². The number of aryl methyl sites for hydroxylation is 1. The Hall–Kier alpha value is -2.45. The Bertz CT molecular complexity index is 1110. The second-order valence-corrected chi connectivity index (χ2v) is 10.6. The number of carbonyl (C=O) groups excluding carboxylic acids is 1. The minimum Gasteiger partial charge on any atom is -0.396 e. The second kappa shape index (κ2) is 11.1. The summed E-state index contributed by atoms with van der Waals surface area (Å²) in [7, 11) is -1.44. The number of aliphatic hydroxyl groups is 1. The molecule has 0 radical (unpaired) electrons. The lowest BCUT2D eigenvalue weighted by atomic mass is 9.99. The number of aliphatic hydroxyl groups excluding tert-OH is 1. The highest BCUT2D eigenvalue weighted by Crippen LogP contribution is 2.30. The van der Waals surface area contributed by atoms with Gasteiger partial charge in [-0.3, -0.25) is 4.79 Å². The summed E-state index contributed by atoms with van der Waals surface area (Å²) in [4.78, 5) is 13.9. The number of hydrogen-bond donors (Lipinski definition) is 2. The predicted octanol–water partition coefficient (Wildman–Crippen LogP) is 4.30. The van der Waals surface area contributed by atoms with Crippen molar-refractivity contribution in [3.05, 3.63) is 90.0 Å². The molecule has 1 heterocycles. The molecule has 3 unspecified atom stereocenters. The first kappa shape index (κ1) is 23.7. The number of thioether (sulfide) groups is 1. The summed E-state index contributed by atoms with van der Waals surface area (Å²) < 4.78 is 15.1. The Kier molecular flexibility index (Phi) is 7.98. The summed E-state index contributed by atoms with van der Waals surface area (Å²) in [5.41, 5.74) is 4.22. The zero-order valence-electron chi connectivity index (χ0n) is 18.5. The van der Waals surface area contributed by atoms with Crippen molar-refractivity contribution in [1.29, 1.82) is 0 Å². The van der Waals surface area contributed by atoms with Crippen molar-refractivity contribution in [2.75, 3.05) is 18.9 Å². The number of benzene rings is 3. The molecule has 172 valence electrons. The molecule has 3 aromatic rings. The average molecular weight is 481 g/mol. The van der Waals surface area contributed by atoms with E-state index >= 15 is 0 Å². The molecule has 0 bridgehead atoms. The van der Waals surface area contributed by atoms with Crippen molar-refractivity contribution in [1.82, 2.24) is 9.62 Å². The van der Waals surface area contributed by atoms with Crippen LogP contribution in [0, 0.1) is 6.92 Å². The van der Waals surface area contributed by atoms with E-state index in [0.29, 0.717) is 17.9 Å². The third-order valence-corrected chi connectivity index (χ3v) is 8.58. The Labute approximate surface area is 201 Å². The van der Waals surface area contributed by atoms with Crippen LogP contribution < -0.4 is 5.32 Å². The quantitative estimate of drug-likeness (QED) is 0.504. The number of nitrogens with zero attached hydrogens (tertiary/aromatic N) is 1. The summed E-state index contributed by atoms with van der Waals surface area (Å²) in [5.74, 6) is 0.564. The van der Waals surface area contributed by atoms with Gasteiger partial charge in [-0.05, 0) is 47.7 Å². The van der Waals surface area contributed by atoms with E-state index in [2.05, 4.69) is 5.32 Å². The standard InChI is InChI=1S/C26H28N2O3S2/c1-19-7-5-6-10-23(19)24(15-17-29)27-25(30)26-28(16-18-32-26)33(31)22-13-11-21(12-14-22)20-8-3-2-4-9-20/h2-14,24,26,29H,15-18H2,1H3,(H,27,30). The Morgan fingerprint density at radius 3 is 2.42 bits per heavy atom. The van der Waals surface area contributed by atoms with Crippen molar-refractivity contribution in [2.24, 2.45) is 0 Å². The number of carbonyl (C=O) groups is 1. The normalized spacial score (nSPS) is 18.1. The number of hydrogen-bond acceptors (Lipinski definition) is 4. The van der Waals surface area contributed by atoms with Crippen LogP contribution in [-0.4, -0.2) is 43.8 Å². The lowest BCUT2D eigenvalue weighted by Crippen LogP contribution is -2.44. The first-order valence-corrected chi connectivity index (χ1v) is 13.2. The molecule has 1 fully saturated rings. The van der Waals surface area contributed by atoms with E-state index < -0.39 is 16.4 Å². The summed E-state index contributed by atoms with van der Waals surface area (Å²) in [6.07, 6.45) is 0.429. The summed E-state index contributed by atoms with van der Waals surface area (Å²) in [6.45, 7) is 2.54. The average Bonchev–Trinajstić information content (AvgIpc) is 3.34. The van der Waals surface area contributed by atoms with Gasteiger partial charge in [0.1, 0.15) is 16.4 Å². The van der Waals surface area contributed by atoms with E-state index in [1.165, 1.54) is 11.8 Å². The van der Waals surface area contributed by atoms with Crippen LogP contribution in [0.3, 0.4) is 0 Å².